The monoisotopic (exact) mass is 420 g/mol. The minimum atomic E-state index is -0.782. The molecule has 0 amide bonds. The smallest absolute Gasteiger partial charge is 0.191 e. The summed E-state index contributed by atoms with van der Waals surface area (Å²) in [6, 6.07) is 5.83. The van der Waals surface area contributed by atoms with Crippen LogP contribution in [0, 0.1) is 5.82 Å². The molecule has 0 bridgehead atoms. The number of nitrogens with zero attached hydrogens (tertiary/aromatic N) is 4. The summed E-state index contributed by atoms with van der Waals surface area (Å²) < 4.78 is 25.4. The highest BCUT2D eigenvalue weighted by molar-refractivity contribution is 5.80. The highest BCUT2D eigenvalue weighted by Crippen LogP contribution is 2.14. The number of aliphatic imine (C=N–C) groups is 1. The van der Waals surface area contributed by atoms with E-state index in [-0.39, 0.29) is 25.0 Å². The van der Waals surface area contributed by atoms with Gasteiger partial charge in [0.05, 0.1) is 13.1 Å². The molecule has 0 saturated heterocycles. The van der Waals surface area contributed by atoms with Gasteiger partial charge in [0.15, 0.2) is 11.8 Å². The Balaban J connectivity index is 1.50. The largest absolute Gasteiger partial charge is 0.491 e. The average Bonchev–Trinajstić information content (AvgIpc) is 3.14. The summed E-state index contributed by atoms with van der Waals surface area (Å²) in [4.78, 5) is 8.95. The molecule has 3 N–H and O–H groups in total. The van der Waals surface area contributed by atoms with Crippen LogP contribution >= 0.6 is 0 Å². The van der Waals surface area contributed by atoms with Gasteiger partial charge in [0.2, 0.25) is 0 Å². The predicted octanol–water partition coefficient (Wildman–Crippen LogP) is 0.873. The Morgan fingerprint density at radius 1 is 1.40 bits per heavy atom. The fourth-order valence-electron chi connectivity index (χ4n) is 3.15. The van der Waals surface area contributed by atoms with Crippen LogP contribution in [0.25, 0.3) is 0 Å². The topological polar surface area (TPSA) is 106 Å². The van der Waals surface area contributed by atoms with Crippen LogP contribution in [0.4, 0.5) is 4.39 Å². The van der Waals surface area contributed by atoms with Crippen LogP contribution < -0.4 is 15.4 Å². The molecule has 2 aromatic rings. The maximum absolute atomic E-state index is 12.9. The van der Waals surface area contributed by atoms with Crippen molar-refractivity contribution in [1.29, 1.82) is 0 Å². The maximum atomic E-state index is 12.9. The van der Waals surface area contributed by atoms with Gasteiger partial charge < -0.3 is 25.2 Å². The van der Waals surface area contributed by atoms with Gasteiger partial charge in [-0.25, -0.2) is 14.1 Å². The number of nitrogens with one attached hydrogen (secondary N) is 2. The van der Waals surface area contributed by atoms with Crippen LogP contribution in [-0.4, -0.2) is 64.8 Å². The lowest BCUT2D eigenvalue weighted by atomic mass is 10.1. The maximum Gasteiger partial charge on any atom is 0.191 e. The zero-order valence-electron chi connectivity index (χ0n) is 17.3. The minimum Gasteiger partial charge on any atom is -0.491 e. The third-order valence-electron chi connectivity index (χ3n) is 4.58. The van der Waals surface area contributed by atoms with E-state index in [1.807, 2.05) is 11.6 Å². The molecule has 0 fully saturated rings. The molecule has 0 saturated carbocycles. The van der Waals surface area contributed by atoms with Crippen molar-refractivity contribution >= 4 is 5.96 Å². The number of aliphatic hydroxyl groups is 1. The first-order valence-corrected chi connectivity index (χ1v) is 10.1. The zero-order valence-corrected chi connectivity index (χ0v) is 17.3. The van der Waals surface area contributed by atoms with Crippen molar-refractivity contribution in [2.24, 2.45) is 4.99 Å². The summed E-state index contributed by atoms with van der Waals surface area (Å²) in [6.07, 6.45) is 0.948. The van der Waals surface area contributed by atoms with E-state index in [1.165, 1.54) is 24.3 Å². The molecule has 1 aliphatic heterocycles. The first-order valence-electron chi connectivity index (χ1n) is 10.1. The van der Waals surface area contributed by atoms with Crippen LogP contribution in [0.15, 0.2) is 29.3 Å². The van der Waals surface area contributed by atoms with Crippen molar-refractivity contribution in [2.45, 2.75) is 45.1 Å². The lowest BCUT2D eigenvalue weighted by Crippen LogP contribution is -2.47. The molecule has 0 radical (unpaired) electrons. The van der Waals surface area contributed by atoms with E-state index in [1.54, 1.807) is 7.11 Å². The van der Waals surface area contributed by atoms with Crippen molar-refractivity contribution < 1.29 is 19.0 Å². The van der Waals surface area contributed by atoms with E-state index in [9.17, 15) is 9.50 Å². The number of aryl methyl sites for hydroxylation is 1. The normalized spacial score (nSPS) is 17.3. The van der Waals surface area contributed by atoms with Gasteiger partial charge in [-0.05, 0) is 37.6 Å². The Morgan fingerprint density at radius 2 is 2.20 bits per heavy atom. The van der Waals surface area contributed by atoms with Crippen LogP contribution in [0.5, 0.6) is 5.75 Å². The van der Waals surface area contributed by atoms with Crippen LogP contribution in [0.3, 0.4) is 0 Å². The zero-order chi connectivity index (χ0) is 21.3. The van der Waals surface area contributed by atoms with Crippen molar-refractivity contribution in [1.82, 2.24) is 25.4 Å². The number of ether oxygens (including phenoxy) is 2. The van der Waals surface area contributed by atoms with Gasteiger partial charge in [-0.1, -0.05) is 0 Å². The molecule has 1 aliphatic rings. The number of fused-ring (bicyclic) bond motifs is 1. The number of hydrogen-bond acceptors (Lipinski definition) is 6. The number of aliphatic hydroxyl groups excluding tert-OH is 1. The molecule has 3 rings (SSSR count). The summed E-state index contributed by atoms with van der Waals surface area (Å²) in [6.45, 7) is 4.02. The van der Waals surface area contributed by atoms with Gasteiger partial charge in [0, 0.05) is 26.1 Å². The van der Waals surface area contributed by atoms with Gasteiger partial charge >= 0.3 is 0 Å². The van der Waals surface area contributed by atoms with Crippen LogP contribution in [0.2, 0.25) is 0 Å². The van der Waals surface area contributed by atoms with Crippen molar-refractivity contribution in [3.8, 4) is 5.75 Å². The fourth-order valence-corrected chi connectivity index (χ4v) is 3.15. The van der Waals surface area contributed by atoms with Crippen molar-refractivity contribution in [3.63, 3.8) is 0 Å². The molecule has 10 heteroatoms. The highest BCUT2D eigenvalue weighted by Gasteiger charge is 2.22. The summed E-state index contributed by atoms with van der Waals surface area (Å²) in [5.74, 6) is 2.46. The lowest BCUT2D eigenvalue weighted by Gasteiger charge is -2.25. The minimum absolute atomic E-state index is 0.0720. The van der Waals surface area contributed by atoms with Gasteiger partial charge in [-0.15, -0.1) is 0 Å². The van der Waals surface area contributed by atoms with Gasteiger partial charge in [-0.2, -0.15) is 5.10 Å². The van der Waals surface area contributed by atoms with Crippen molar-refractivity contribution in [2.75, 3.05) is 26.8 Å². The van der Waals surface area contributed by atoms with Crippen LogP contribution in [0.1, 0.15) is 25.0 Å². The van der Waals surface area contributed by atoms with E-state index in [2.05, 4.69) is 25.7 Å². The average molecular weight is 420 g/mol. The molecule has 0 spiro atoms. The Kier molecular flexibility index (Phi) is 7.97. The molecule has 2 heterocycles. The number of rotatable bonds is 9. The van der Waals surface area contributed by atoms with E-state index in [4.69, 9.17) is 9.47 Å². The van der Waals surface area contributed by atoms with Gasteiger partial charge in [0.1, 0.15) is 36.7 Å². The number of guanidine groups is 1. The highest BCUT2D eigenvalue weighted by atomic mass is 19.1. The summed E-state index contributed by atoms with van der Waals surface area (Å²) in [5.41, 5.74) is 0. The molecule has 2 atom stereocenters. The number of hydrogen-bond donors (Lipinski definition) is 3. The predicted molar refractivity (Wildman–Crippen MR) is 110 cm³/mol. The molecule has 2 unspecified atom stereocenters. The molecule has 30 heavy (non-hydrogen) atoms. The Labute approximate surface area is 175 Å². The Morgan fingerprint density at radius 3 is 2.93 bits per heavy atom. The third kappa shape index (κ3) is 6.39. The second-order valence-corrected chi connectivity index (χ2v) is 7.08. The van der Waals surface area contributed by atoms with E-state index in [0.717, 1.165) is 18.7 Å². The van der Waals surface area contributed by atoms with E-state index < -0.39 is 6.10 Å². The number of aromatic nitrogens is 3. The molecular weight excluding hydrogens is 391 g/mol. The fraction of sp³-hybridized carbons (Fsp3) is 0.550. The lowest BCUT2D eigenvalue weighted by molar-refractivity contribution is 0.114. The standard InChI is InChI=1S/C20H29FN6O3/c1-3-22-20(23-10-16(28)12-30-17-7-4-14(21)5-8-17)24-15-6-9-19-25-18(13-29-2)26-27(19)11-15/h4-5,7-8,15-16,28H,3,6,9-13H2,1-2H3,(H2,22,23,24). The summed E-state index contributed by atoms with van der Waals surface area (Å²) >= 11 is 0. The van der Waals surface area contributed by atoms with Crippen molar-refractivity contribution in [3.05, 3.63) is 41.7 Å². The van der Waals surface area contributed by atoms with E-state index in [0.29, 0.717) is 37.2 Å². The third-order valence-corrected chi connectivity index (χ3v) is 4.58. The molecule has 1 aromatic carbocycles. The van der Waals surface area contributed by atoms with Gasteiger partial charge in [0.25, 0.3) is 0 Å². The summed E-state index contributed by atoms with van der Waals surface area (Å²) in [5, 5.41) is 21.2. The first-order chi connectivity index (χ1) is 14.6. The molecule has 1 aromatic heterocycles. The second-order valence-electron chi connectivity index (χ2n) is 7.08. The number of benzene rings is 1. The number of halogens is 1. The molecule has 164 valence electrons. The SMILES string of the molecule is CCNC(=NCC(O)COc1ccc(F)cc1)NC1CCc2nc(COC)nn2C1. The Hall–Kier alpha value is -2.72. The van der Waals surface area contributed by atoms with Crippen LogP contribution in [-0.2, 0) is 24.3 Å². The quantitative estimate of drug-likeness (QED) is 0.408. The molecule has 0 aliphatic carbocycles. The molecule has 9 nitrogen and oxygen atoms in total. The molecular formula is C20H29FN6O3. The summed E-state index contributed by atoms with van der Waals surface area (Å²) in [7, 11) is 1.63. The second kappa shape index (κ2) is 10.9. The number of methoxy groups -OCH3 is 1. The van der Waals surface area contributed by atoms with Gasteiger partial charge in [-0.3, -0.25) is 4.99 Å². The van der Waals surface area contributed by atoms with E-state index >= 15 is 0 Å². The Bertz CT molecular complexity index is 826. The first kappa shape index (κ1) is 22.0.